The number of esters is 1. The Bertz CT molecular complexity index is 1170. The summed E-state index contributed by atoms with van der Waals surface area (Å²) in [5.74, 6) is 0.223. The molecule has 1 N–H and O–H groups in total. The third-order valence-electron chi connectivity index (χ3n) is 3.83. The zero-order valence-electron chi connectivity index (χ0n) is 15.4. The predicted octanol–water partition coefficient (Wildman–Crippen LogP) is 2.88. The second kappa shape index (κ2) is 8.05. The van der Waals surface area contributed by atoms with Crippen LogP contribution in [0.2, 0.25) is 0 Å². The van der Waals surface area contributed by atoms with E-state index in [0.717, 1.165) is 4.68 Å². The van der Waals surface area contributed by atoms with Gasteiger partial charge in [0.15, 0.2) is 11.5 Å². The fraction of sp³-hybridized carbons (Fsp3) is 0.158. The quantitative estimate of drug-likeness (QED) is 0.307. The molecule has 28 heavy (non-hydrogen) atoms. The van der Waals surface area contributed by atoms with E-state index in [0.29, 0.717) is 16.5 Å². The lowest BCUT2D eigenvalue weighted by molar-refractivity contribution is -0.132. The summed E-state index contributed by atoms with van der Waals surface area (Å²) in [7, 11) is 2.87. The zero-order chi connectivity index (χ0) is 20.3. The summed E-state index contributed by atoms with van der Waals surface area (Å²) in [5.41, 5.74) is 0.850. The van der Waals surface area contributed by atoms with Gasteiger partial charge in [0.25, 0.3) is 5.56 Å². The van der Waals surface area contributed by atoms with E-state index < -0.39 is 5.97 Å². The van der Waals surface area contributed by atoms with Crippen LogP contribution < -0.4 is 19.8 Å². The van der Waals surface area contributed by atoms with Crippen molar-refractivity contribution < 1.29 is 19.0 Å². The van der Waals surface area contributed by atoms with Gasteiger partial charge in [-0.3, -0.25) is 9.59 Å². The first-order valence-electron chi connectivity index (χ1n) is 8.17. The van der Waals surface area contributed by atoms with Gasteiger partial charge >= 0.3 is 5.97 Å². The van der Waals surface area contributed by atoms with E-state index in [1.54, 1.807) is 30.3 Å². The standard InChI is InChI=1S/C19H17N3O5S/c1-11(23)27-17-15(25-2)8-12(9-16(17)26-3)10-20-22-18(24)13-6-4-5-7-14(13)21-19(22)28/h4-10H,1-3H3,(H,21,28)/b20-10-. The van der Waals surface area contributed by atoms with Crippen molar-refractivity contribution in [2.24, 2.45) is 5.10 Å². The molecule has 0 spiro atoms. The molecule has 0 bridgehead atoms. The molecule has 1 heterocycles. The van der Waals surface area contributed by atoms with Crippen LogP contribution in [0.15, 0.2) is 46.3 Å². The summed E-state index contributed by atoms with van der Waals surface area (Å²) in [6.07, 6.45) is 1.43. The number of benzene rings is 2. The fourth-order valence-electron chi connectivity index (χ4n) is 2.60. The normalized spacial score (nSPS) is 11.0. The topological polar surface area (TPSA) is 94.9 Å². The molecular formula is C19H17N3O5S. The minimum absolute atomic E-state index is 0.162. The molecule has 0 saturated heterocycles. The van der Waals surface area contributed by atoms with Gasteiger partial charge in [0.1, 0.15) is 0 Å². The predicted molar refractivity (Wildman–Crippen MR) is 107 cm³/mol. The van der Waals surface area contributed by atoms with Crippen LogP contribution in [-0.4, -0.2) is 36.1 Å². The van der Waals surface area contributed by atoms with Gasteiger partial charge in [-0.25, -0.2) is 0 Å². The lowest BCUT2D eigenvalue weighted by Gasteiger charge is -2.13. The van der Waals surface area contributed by atoms with E-state index >= 15 is 0 Å². The summed E-state index contributed by atoms with van der Waals surface area (Å²) < 4.78 is 17.0. The number of hydrogen-bond acceptors (Lipinski definition) is 7. The molecule has 0 aliphatic rings. The minimum atomic E-state index is -0.507. The van der Waals surface area contributed by atoms with Crippen molar-refractivity contribution in [1.29, 1.82) is 0 Å². The Morgan fingerprint density at radius 2 is 1.82 bits per heavy atom. The largest absolute Gasteiger partial charge is 0.493 e. The van der Waals surface area contributed by atoms with Gasteiger partial charge < -0.3 is 19.2 Å². The fourth-order valence-corrected chi connectivity index (χ4v) is 2.84. The number of para-hydroxylation sites is 1. The number of aromatic nitrogens is 2. The zero-order valence-corrected chi connectivity index (χ0v) is 16.2. The molecule has 1 aromatic heterocycles. The second-order valence-corrected chi connectivity index (χ2v) is 6.07. The molecule has 0 unspecified atom stereocenters. The highest BCUT2D eigenvalue weighted by atomic mass is 32.1. The average Bonchev–Trinajstić information content (AvgIpc) is 2.68. The monoisotopic (exact) mass is 399 g/mol. The number of hydrogen-bond donors (Lipinski definition) is 1. The SMILES string of the molecule is COc1cc(/C=N\n2c(=S)[nH]c3ccccc3c2=O)cc(OC)c1OC(C)=O. The Morgan fingerprint density at radius 1 is 1.18 bits per heavy atom. The summed E-state index contributed by atoms with van der Waals surface area (Å²) in [5, 5.41) is 4.66. The van der Waals surface area contributed by atoms with E-state index in [9.17, 15) is 9.59 Å². The number of fused-ring (bicyclic) bond motifs is 1. The molecule has 0 atom stereocenters. The van der Waals surface area contributed by atoms with Gasteiger partial charge in [-0.1, -0.05) is 12.1 Å². The van der Waals surface area contributed by atoms with Crippen molar-refractivity contribution >= 4 is 35.3 Å². The molecule has 3 aromatic rings. The highest BCUT2D eigenvalue weighted by Gasteiger charge is 2.15. The lowest BCUT2D eigenvalue weighted by atomic mass is 10.2. The van der Waals surface area contributed by atoms with Crippen LogP contribution in [0.5, 0.6) is 17.2 Å². The van der Waals surface area contributed by atoms with Crippen LogP contribution >= 0.6 is 12.2 Å². The van der Waals surface area contributed by atoms with Crippen molar-refractivity contribution in [2.75, 3.05) is 14.2 Å². The molecule has 0 radical (unpaired) electrons. The molecule has 8 nitrogen and oxygen atoms in total. The highest BCUT2D eigenvalue weighted by Crippen LogP contribution is 2.38. The maximum Gasteiger partial charge on any atom is 0.308 e. The molecule has 2 aromatic carbocycles. The molecule has 0 amide bonds. The molecular weight excluding hydrogens is 382 g/mol. The van der Waals surface area contributed by atoms with Crippen LogP contribution in [0.25, 0.3) is 10.9 Å². The number of rotatable bonds is 5. The van der Waals surface area contributed by atoms with Crippen LogP contribution in [0, 0.1) is 4.77 Å². The minimum Gasteiger partial charge on any atom is -0.493 e. The lowest BCUT2D eigenvalue weighted by Crippen LogP contribution is -2.18. The highest BCUT2D eigenvalue weighted by molar-refractivity contribution is 7.71. The summed E-state index contributed by atoms with van der Waals surface area (Å²) in [4.78, 5) is 26.9. The Morgan fingerprint density at radius 3 is 2.43 bits per heavy atom. The van der Waals surface area contributed by atoms with Gasteiger partial charge in [-0.2, -0.15) is 9.78 Å². The van der Waals surface area contributed by atoms with E-state index in [4.69, 9.17) is 26.4 Å². The van der Waals surface area contributed by atoms with Crippen molar-refractivity contribution in [1.82, 2.24) is 9.66 Å². The van der Waals surface area contributed by atoms with Crippen molar-refractivity contribution in [3.63, 3.8) is 0 Å². The molecule has 0 fully saturated rings. The molecule has 3 rings (SSSR count). The molecule has 0 aliphatic heterocycles. The van der Waals surface area contributed by atoms with Gasteiger partial charge in [-0.05, 0) is 36.5 Å². The van der Waals surface area contributed by atoms with Crippen molar-refractivity contribution in [2.45, 2.75) is 6.92 Å². The summed E-state index contributed by atoms with van der Waals surface area (Å²) in [6.45, 7) is 1.28. The molecule has 0 saturated carbocycles. The van der Waals surface area contributed by atoms with Crippen LogP contribution in [-0.2, 0) is 4.79 Å². The number of carbonyl (C=O) groups is 1. The maximum atomic E-state index is 12.6. The molecule has 9 heteroatoms. The van der Waals surface area contributed by atoms with E-state index in [2.05, 4.69) is 10.1 Å². The number of carbonyl (C=O) groups excluding carboxylic acids is 1. The van der Waals surface area contributed by atoms with Crippen molar-refractivity contribution in [3.05, 3.63) is 57.1 Å². The Kier molecular flexibility index (Phi) is 5.55. The first kappa shape index (κ1) is 19.3. The average molecular weight is 399 g/mol. The van der Waals surface area contributed by atoms with Crippen LogP contribution in [0.3, 0.4) is 0 Å². The van der Waals surface area contributed by atoms with Crippen LogP contribution in [0.4, 0.5) is 0 Å². The summed E-state index contributed by atoms with van der Waals surface area (Å²) >= 11 is 5.23. The second-order valence-electron chi connectivity index (χ2n) is 5.69. The number of nitrogens with zero attached hydrogens (tertiary/aromatic N) is 2. The number of ether oxygens (including phenoxy) is 3. The Balaban J connectivity index is 2.08. The van der Waals surface area contributed by atoms with Gasteiger partial charge in [0, 0.05) is 12.5 Å². The molecule has 0 aliphatic carbocycles. The van der Waals surface area contributed by atoms with Crippen LogP contribution in [0.1, 0.15) is 12.5 Å². The smallest absolute Gasteiger partial charge is 0.308 e. The molecule has 144 valence electrons. The Labute approximate surface area is 165 Å². The number of aromatic amines is 1. The van der Waals surface area contributed by atoms with Gasteiger partial charge in [-0.15, -0.1) is 0 Å². The van der Waals surface area contributed by atoms with E-state index in [1.807, 2.05) is 6.07 Å². The van der Waals surface area contributed by atoms with Crippen molar-refractivity contribution in [3.8, 4) is 17.2 Å². The summed E-state index contributed by atoms with van der Waals surface area (Å²) in [6, 6.07) is 10.2. The first-order valence-corrected chi connectivity index (χ1v) is 8.58. The third-order valence-corrected chi connectivity index (χ3v) is 4.11. The third kappa shape index (κ3) is 3.79. The number of H-pyrrole nitrogens is 1. The van der Waals surface area contributed by atoms with E-state index in [-0.39, 0.29) is 27.6 Å². The maximum absolute atomic E-state index is 12.6. The van der Waals surface area contributed by atoms with E-state index in [1.165, 1.54) is 27.4 Å². The van der Waals surface area contributed by atoms with Gasteiger partial charge in [0.05, 0.1) is 31.3 Å². The Hall–Kier alpha value is -3.46. The number of methoxy groups -OCH3 is 2. The number of nitrogens with one attached hydrogen (secondary N) is 1. The first-order chi connectivity index (χ1) is 13.4. The van der Waals surface area contributed by atoms with Gasteiger partial charge in [0.2, 0.25) is 10.5 Å².